The largest absolute Gasteiger partial charge is 0.458 e. The molecule has 7 nitrogen and oxygen atoms in total. The number of benzene rings is 2. The number of amides is 1. The van der Waals surface area contributed by atoms with Gasteiger partial charge in [-0.2, -0.15) is 11.8 Å². The molecule has 2 aromatic rings. The van der Waals surface area contributed by atoms with E-state index in [-0.39, 0.29) is 24.5 Å². The second kappa shape index (κ2) is 13.4. The van der Waals surface area contributed by atoms with Gasteiger partial charge in [0.1, 0.15) is 18.2 Å². The summed E-state index contributed by atoms with van der Waals surface area (Å²) in [5.41, 5.74) is 1.26. The number of alkyl carbamates (subject to hydrolysis) is 1. The molecule has 0 radical (unpaired) electrons. The van der Waals surface area contributed by atoms with E-state index in [1.54, 1.807) is 20.8 Å². The number of esters is 1. The van der Waals surface area contributed by atoms with Gasteiger partial charge in [0.2, 0.25) is 0 Å². The number of rotatable bonds is 12. The summed E-state index contributed by atoms with van der Waals surface area (Å²) in [6, 6.07) is 18.1. The van der Waals surface area contributed by atoms with E-state index in [2.05, 4.69) is 5.32 Å². The van der Waals surface area contributed by atoms with Gasteiger partial charge in [-0.25, -0.2) is 18.0 Å². The number of sulfone groups is 1. The molecule has 1 N–H and O–H groups in total. The fourth-order valence-corrected chi connectivity index (χ4v) is 5.51. The van der Waals surface area contributed by atoms with Crippen molar-refractivity contribution in [1.82, 2.24) is 5.32 Å². The molecule has 0 fully saturated rings. The molecule has 1 amide bonds. The van der Waals surface area contributed by atoms with Gasteiger partial charge in [-0.15, -0.1) is 0 Å². The molecule has 0 spiro atoms. The summed E-state index contributed by atoms with van der Waals surface area (Å²) < 4.78 is 35.0. The highest BCUT2D eigenvalue weighted by atomic mass is 32.2. The first-order valence-electron chi connectivity index (χ1n) is 11.1. The molecular weight excluding hydrogens is 474 g/mol. The monoisotopic (exact) mass is 507 g/mol. The quantitative estimate of drug-likeness (QED) is 0.342. The third-order valence-corrected chi connectivity index (χ3v) is 7.45. The van der Waals surface area contributed by atoms with Crippen molar-refractivity contribution >= 4 is 33.7 Å². The Hall–Kier alpha value is -2.52. The van der Waals surface area contributed by atoms with Gasteiger partial charge in [0.05, 0.1) is 11.5 Å². The molecule has 0 aliphatic carbocycles. The molecular formula is C25H33NO6S2. The van der Waals surface area contributed by atoms with E-state index in [9.17, 15) is 18.0 Å². The van der Waals surface area contributed by atoms with Crippen LogP contribution in [0.4, 0.5) is 4.79 Å². The number of carbonyl (C=O) groups excluding carboxylic acids is 2. The molecule has 0 saturated heterocycles. The Morgan fingerprint density at radius 1 is 0.941 bits per heavy atom. The predicted molar refractivity (Wildman–Crippen MR) is 136 cm³/mol. The first kappa shape index (κ1) is 27.7. The highest BCUT2D eigenvalue weighted by Gasteiger charge is 2.27. The van der Waals surface area contributed by atoms with Crippen LogP contribution in [-0.2, 0) is 36.3 Å². The molecule has 9 heteroatoms. The van der Waals surface area contributed by atoms with Gasteiger partial charge in [0.15, 0.2) is 9.84 Å². The van der Waals surface area contributed by atoms with Crippen LogP contribution in [0.3, 0.4) is 0 Å². The maximum atomic E-state index is 12.6. The third-order valence-electron chi connectivity index (χ3n) is 4.54. The average Bonchev–Trinajstić information content (AvgIpc) is 2.76. The predicted octanol–water partition coefficient (Wildman–Crippen LogP) is 4.01. The zero-order valence-corrected chi connectivity index (χ0v) is 21.5. The van der Waals surface area contributed by atoms with Gasteiger partial charge >= 0.3 is 12.1 Å². The summed E-state index contributed by atoms with van der Waals surface area (Å²) in [5, 5.41) is 2.51. The van der Waals surface area contributed by atoms with Crippen molar-refractivity contribution < 1.29 is 27.5 Å². The second-order valence-corrected chi connectivity index (χ2v) is 12.2. The molecule has 0 aliphatic rings. The Bertz CT molecular complexity index is 1000. The van der Waals surface area contributed by atoms with Crippen molar-refractivity contribution in [2.24, 2.45) is 0 Å². The molecule has 2 aromatic carbocycles. The highest BCUT2D eigenvalue weighted by molar-refractivity contribution is 8.00. The number of nitrogens with one attached hydrogen (secondary N) is 1. The van der Waals surface area contributed by atoms with Crippen LogP contribution in [0, 0.1) is 0 Å². The number of hydrogen-bond acceptors (Lipinski definition) is 7. The molecule has 0 saturated carbocycles. The fourth-order valence-electron chi connectivity index (χ4n) is 2.91. The average molecular weight is 508 g/mol. The van der Waals surface area contributed by atoms with E-state index in [1.807, 2.05) is 60.7 Å². The lowest BCUT2D eigenvalue weighted by Gasteiger charge is -2.24. The zero-order valence-electron chi connectivity index (χ0n) is 19.9. The van der Waals surface area contributed by atoms with Crippen LogP contribution in [0.1, 0.15) is 31.9 Å². The third kappa shape index (κ3) is 11.6. The first-order valence-corrected chi connectivity index (χ1v) is 14.0. The second-order valence-electron chi connectivity index (χ2n) is 8.75. The summed E-state index contributed by atoms with van der Waals surface area (Å²) in [6.45, 7) is 4.94. The lowest BCUT2D eigenvalue weighted by atomic mass is 10.1. The lowest BCUT2D eigenvalue weighted by molar-refractivity contribution is -0.157. The van der Waals surface area contributed by atoms with Crippen LogP contribution in [0.15, 0.2) is 60.7 Å². The van der Waals surface area contributed by atoms with Crippen molar-refractivity contribution in [3.05, 3.63) is 71.8 Å². The number of hydrogen-bond donors (Lipinski definition) is 1. The summed E-state index contributed by atoms with van der Waals surface area (Å²) in [5.74, 6) is 0.340. The van der Waals surface area contributed by atoms with Crippen LogP contribution in [0.5, 0.6) is 0 Å². The Morgan fingerprint density at radius 2 is 1.53 bits per heavy atom. The molecule has 34 heavy (non-hydrogen) atoms. The smallest absolute Gasteiger partial charge is 0.407 e. The normalized spacial score (nSPS) is 12.6. The van der Waals surface area contributed by atoms with Gasteiger partial charge in [-0.05, 0) is 31.9 Å². The van der Waals surface area contributed by atoms with Gasteiger partial charge in [0.25, 0.3) is 0 Å². The van der Waals surface area contributed by atoms with Crippen LogP contribution in [-0.4, -0.2) is 56.0 Å². The molecule has 1 atom stereocenters. The van der Waals surface area contributed by atoms with Gasteiger partial charge in [0, 0.05) is 17.9 Å². The maximum absolute atomic E-state index is 12.6. The van der Waals surface area contributed by atoms with E-state index < -0.39 is 33.5 Å². The van der Waals surface area contributed by atoms with Gasteiger partial charge in [-0.1, -0.05) is 60.7 Å². The molecule has 0 aliphatic heterocycles. The highest BCUT2D eigenvalue weighted by Crippen LogP contribution is 2.13. The van der Waals surface area contributed by atoms with Gasteiger partial charge < -0.3 is 14.8 Å². The minimum Gasteiger partial charge on any atom is -0.458 e. The van der Waals surface area contributed by atoms with Crippen LogP contribution in [0.25, 0.3) is 0 Å². The molecule has 0 unspecified atom stereocenters. The van der Waals surface area contributed by atoms with E-state index in [1.165, 1.54) is 11.8 Å². The Balaban J connectivity index is 1.79. The zero-order chi connectivity index (χ0) is 25.0. The lowest BCUT2D eigenvalue weighted by Crippen LogP contribution is -2.46. The maximum Gasteiger partial charge on any atom is 0.407 e. The Labute approximate surface area is 206 Å². The van der Waals surface area contributed by atoms with Gasteiger partial charge in [-0.3, -0.25) is 0 Å². The molecule has 0 aromatic heterocycles. The van der Waals surface area contributed by atoms with Crippen molar-refractivity contribution in [3.8, 4) is 0 Å². The van der Waals surface area contributed by atoms with Crippen molar-refractivity contribution in [2.75, 3.05) is 23.9 Å². The summed E-state index contributed by atoms with van der Waals surface area (Å²) in [7, 11) is -3.37. The van der Waals surface area contributed by atoms with Crippen LogP contribution >= 0.6 is 11.8 Å². The Morgan fingerprint density at radius 3 is 2.12 bits per heavy atom. The summed E-state index contributed by atoms with van der Waals surface area (Å²) in [4.78, 5) is 24.9. The standard InChI is InChI=1S/C25H33NO6S2/c1-25(2,3)32-23(27)22(18-20-10-6-4-7-11-20)26-24(28)31-14-16-34(29,30)17-15-33-19-21-12-8-5-9-13-21/h4-13,22H,14-19H2,1-3H3,(H,26,28)/t22-/m0/s1. The van der Waals surface area contributed by atoms with E-state index >= 15 is 0 Å². The topological polar surface area (TPSA) is 98.8 Å². The number of carbonyl (C=O) groups is 2. The van der Waals surface area contributed by atoms with Crippen molar-refractivity contribution in [1.29, 1.82) is 0 Å². The number of thioether (sulfide) groups is 1. The van der Waals surface area contributed by atoms with E-state index in [4.69, 9.17) is 9.47 Å². The summed E-state index contributed by atoms with van der Waals surface area (Å²) in [6.07, 6.45) is -0.637. The van der Waals surface area contributed by atoms with Crippen LogP contribution < -0.4 is 5.32 Å². The van der Waals surface area contributed by atoms with Crippen molar-refractivity contribution in [3.63, 3.8) is 0 Å². The molecule has 0 bridgehead atoms. The molecule has 2 rings (SSSR count). The van der Waals surface area contributed by atoms with Crippen molar-refractivity contribution in [2.45, 2.75) is 44.6 Å². The van der Waals surface area contributed by atoms with E-state index in [0.717, 1.165) is 16.9 Å². The first-order chi connectivity index (χ1) is 16.0. The molecule has 186 valence electrons. The minimum absolute atomic E-state index is 0.00399. The Kier molecular flexibility index (Phi) is 10.9. The fraction of sp³-hybridized carbons (Fsp3) is 0.440. The number of ether oxygens (including phenoxy) is 2. The molecule has 0 heterocycles. The summed E-state index contributed by atoms with van der Waals surface area (Å²) >= 11 is 1.54. The van der Waals surface area contributed by atoms with E-state index in [0.29, 0.717) is 5.75 Å². The SMILES string of the molecule is CC(C)(C)OC(=O)[C@H](Cc1ccccc1)NC(=O)OCCS(=O)(=O)CCSCc1ccccc1. The van der Waals surface area contributed by atoms with Crippen LogP contribution in [0.2, 0.25) is 0 Å². The minimum atomic E-state index is -3.37.